The molecule has 6 heavy (non-hydrogen) atoms. The Morgan fingerprint density at radius 1 is 1.33 bits per heavy atom. The molecule has 0 aliphatic carbocycles. The fourth-order valence-corrected chi connectivity index (χ4v) is 0. The van der Waals surface area contributed by atoms with Gasteiger partial charge in [0, 0.05) is 36.3 Å². The van der Waals surface area contributed by atoms with Crippen molar-refractivity contribution in [3.63, 3.8) is 0 Å². The van der Waals surface area contributed by atoms with E-state index in [4.69, 9.17) is 15.3 Å². The van der Waals surface area contributed by atoms with Gasteiger partial charge in [-0.3, -0.25) is 0 Å². The van der Waals surface area contributed by atoms with E-state index in [0.717, 1.165) is 0 Å². The van der Waals surface area contributed by atoms with Crippen molar-refractivity contribution >= 4 is 0 Å². The van der Waals surface area contributed by atoms with Crippen LogP contribution < -0.4 is 0 Å². The summed E-state index contributed by atoms with van der Waals surface area (Å²) in [6.45, 7) is 0. The first-order valence-electron chi connectivity index (χ1n) is 0.548. The van der Waals surface area contributed by atoms with Gasteiger partial charge in [-0.05, 0) is 0 Å². The van der Waals surface area contributed by atoms with Crippen LogP contribution in [-0.2, 0) is 36.3 Å². The Labute approximate surface area is 57.0 Å². The standard InChI is InChI=1S/Co.NO3.Rh/c;2-1(3)4;/q;-1;. The van der Waals surface area contributed by atoms with Crippen molar-refractivity contribution in [2.75, 3.05) is 0 Å². The van der Waals surface area contributed by atoms with Crippen LogP contribution in [0.4, 0.5) is 0 Å². The second kappa shape index (κ2) is 9.01. The summed E-state index contributed by atoms with van der Waals surface area (Å²) in [6, 6.07) is 0. The third-order valence-electron chi connectivity index (χ3n) is 0. The number of hydrogen-bond acceptors (Lipinski definition) is 3. The van der Waals surface area contributed by atoms with Crippen molar-refractivity contribution < 1.29 is 41.3 Å². The van der Waals surface area contributed by atoms with Gasteiger partial charge in [0.15, 0.2) is 0 Å². The van der Waals surface area contributed by atoms with Crippen molar-refractivity contribution in [2.45, 2.75) is 0 Å². The predicted octanol–water partition coefficient (Wildman–Crippen LogP) is -0.244. The smallest absolute Gasteiger partial charge is 0.0689 e. The number of nitrogens with zero attached hydrogens (tertiary/aromatic N) is 1. The molecule has 2 radical (unpaired) electrons. The zero-order chi connectivity index (χ0) is 3.58. The molecule has 0 saturated carbocycles. The molecule has 0 aromatic rings. The first-order valence-corrected chi connectivity index (χ1v) is 0.548. The van der Waals surface area contributed by atoms with E-state index in [-0.39, 0.29) is 36.3 Å². The molecule has 42 valence electrons. The van der Waals surface area contributed by atoms with Gasteiger partial charge in [-0.2, -0.15) is 0 Å². The number of hydrogen-bond donors (Lipinski definition) is 0. The summed E-state index contributed by atoms with van der Waals surface area (Å²) in [5.74, 6) is 0. The van der Waals surface area contributed by atoms with Gasteiger partial charge < -0.3 is 15.3 Å². The molecule has 0 unspecified atom stereocenters. The normalized spacial score (nSPS) is 4.00. The van der Waals surface area contributed by atoms with Gasteiger partial charge >= 0.3 is 0 Å². The van der Waals surface area contributed by atoms with E-state index in [1.54, 1.807) is 0 Å². The van der Waals surface area contributed by atoms with Crippen LogP contribution in [0, 0.1) is 15.3 Å². The molecule has 0 aliphatic rings. The summed E-state index contributed by atoms with van der Waals surface area (Å²) in [5.41, 5.74) is 0. The molecule has 0 aromatic carbocycles. The summed E-state index contributed by atoms with van der Waals surface area (Å²) in [6.07, 6.45) is 0. The van der Waals surface area contributed by atoms with Crippen LogP contribution in [0.25, 0.3) is 0 Å². The van der Waals surface area contributed by atoms with Gasteiger partial charge in [0.25, 0.3) is 0 Å². The molecule has 0 atom stereocenters. The van der Waals surface area contributed by atoms with Crippen molar-refractivity contribution in [2.24, 2.45) is 0 Å². The van der Waals surface area contributed by atoms with Gasteiger partial charge in [-0.15, -0.1) is 0 Å². The van der Waals surface area contributed by atoms with Crippen molar-refractivity contribution in [1.29, 1.82) is 0 Å². The molecule has 0 bridgehead atoms. The van der Waals surface area contributed by atoms with Crippen LogP contribution in [-0.4, -0.2) is 5.09 Å². The molecule has 0 amide bonds. The summed E-state index contributed by atoms with van der Waals surface area (Å²) in [4.78, 5) is 8.25. The summed E-state index contributed by atoms with van der Waals surface area (Å²) in [5, 5.41) is 14.8. The third-order valence-corrected chi connectivity index (χ3v) is 0. The molecule has 0 N–H and O–H groups in total. The third kappa shape index (κ3) is 441. The Morgan fingerprint density at radius 3 is 1.33 bits per heavy atom. The Kier molecular flexibility index (Phi) is 24.4. The number of rotatable bonds is 0. The average molecular weight is 224 g/mol. The molecule has 4 nitrogen and oxygen atoms in total. The van der Waals surface area contributed by atoms with E-state index >= 15 is 0 Å². The Morgan fingerprint density at radius 2 is 1.33 bits per heavy atom. The van der Waals surface area contributed by atoms with Crippen LogP contribution in [0.5, 0.6) is 0 Å². The summed E-state index contributed by atoms with van der Waals surface area (Å²) in [7, 11) is 0. The van der Waals surface area contributed by atoms with E-state index in [0.29, 0.717) is 0 Å². The molecule has 0 spiro atoms. The van der Waals surface area contributed by atoms with E-state index < -0.39 is 5.09 Å². The van der Waals surface area contributed by atoms with Crippen molar-refractivity contribution in [3.8, 4) is 0 Å². The van der Waals surface area contributed by atoms with Gasteiger partial charge in [-0.25, -0.2) is 0 Å². The molecule has 0 rings (SSSR count). The van der Waals surface area contributed by atoms with Gasteiger partial charge in [-0.1, -0.05) is 0 Å². The predicted molar refractivity (Wildman–Crippen MR) is 10.4 cm³/mol. The van der Waals surface area contributed by atoms with Crippen molar-refractivity contribution in [3.05, 3.63) is 15.3 Å². The molecule has 0 saturated heterocycles. The molecule has 0 aromatic heterocycles. The van der Waals surface area contributed by atoms with Crippen LogP contribution in [0.15, 0.2) is 0 Å². The van der Waals surface area contributed by atoms with Crippen molar-refractivity contribution in [1.82, 2.24) is 0 Å². The zero-order valence-electron chi connectivity index (χ0n) is 2.34. The fourth-order valence-electron chi connectivity index (χ4n) is 0. The first-order chi connectivity index (χ1) is 1.73. The van der Waals surface area contributed by atoms with Crippen LogP contribution in [0.1, 0.15) is 0 Å². The molecular weight excluding hydrogens is 224 g/mol. The maximum atomic E-state index is 8.25. The first kappa shape index (κ1) is 16.2. The van der Waals surface area contributed by atoms with E-state index in [9.17, 15) is 0 Å². The van der Waals surface area contributed by atoms with Crippen LogP contribution >= 0.6 is 0 Å². The fraction of sp³-hybridized carbons (Fsp3) is 0. The maximum Gasteiger partial charge on any atom is 0.0689 e. The SMILES string of the molecule is O=[N+]([O-])[O-].[Co].[Rh]. The van der Waals surface area contributed by atoms with Gasteiger partial charge in [0.05, 0.1) is 5.09 Å². The average Bonchev–Trinajstić information content (AvgIpc) is 0.811. The topological polar surface area (TPSA) is 66.2 Å². The maximum absolute atomic E-state index is 8.25. The zero-order valence-corrected chi connectivity index (χ0v) is 5.02. The second-order valence-corrected chi connectivity index (χ2v) is 0.224. The molecular formula is CoNO3Rh-. The minimum Gasteiger partial charge on any atom is -0.356 e. The second-order valence-electron chi connectivity index (χ2n) is 0.224. The largest absolute Gasteiger partial charge is 0.356 e. The molecule has 0 fully saturated rings. The van der Waals surface area contributed by atoms with Crippen LogP contribution in [0.2, 0.25) is 0 Å². The van der Waals surface area contributed by atoms with Crippen LogP contribution in [0.3, 0.4) is 0 Å². The van der Waals surface area contributed by atoms with Gasteiger partial charge in [0.1, 0.15) is 0 Å². The minimum absolute atomic E-state index is 0. The monoisotopic (exact) mass is 224 g/mol. The summed E-state index contributed by atoms with van der Waals surface area (Å²) < 4.78 is 0. The quantitative estimate of drug-likeness (QED) is 0.323. The molecule has 6 heteroatoms. The van der Waals surface area contributed by atoms with E-state index in [1.165, 1.54) is 0 Å². The summed E-state index contributed by atoms with van der Waals surface area (Å²) >= 11 is 0. The Hall–Kier alpha value is 0.330. The molecule has 0 heterocycles. The van der Waals surface area contributed by atoms with Gasteiger partial charge in [0.2, 0.25) is 0 Å². The van der Waals surface area contributed by atoms with E-state index in [1.807, 2.05) is 0 Å². The Bertz CT molecular complexity index is 33.8. The molecule has 0 aliphatic heterocycles. The van der Waals surface area contributed by atoms with E-state index in [2.05, 4.69) is 0 Å². The minimum atomic E-state index is -1.75. The Balaban J connectivity index is -0.0000000450.